The molecule has 3 N–H and O–H groups in total. The summed E-state index contributed by atoms with van der Waals surface area (Å²) in [5, 5.41) is 3.87. The van der Waals surface area contributed by atoms with Gasteiger partial charge in [0.1, 0.15) is 13.6 Å². The highest BCUT2D eigenvalue weighted by molar-refractivity contribution is 6.30. The SMILES string of the molecule is C=C(N)/C=C\c1c(C)ccn1-c1cc(Cl)ccc1NC.C=O.C=O.Cc1ccc(C(C)(C)C)cc1. The molecule has 3 aromatic rings. The van der Waals surface area contributed by atoms with E-state index in [1.807, 2.05) is 51.1 Å². The second kappa shape index (κ2) is 15.4. The molecule has 0 aliphatic rings. The summed E-state index contributed by atoms with van der Waals surface area (Å²) in [6, 6.07) is 16.6. The van der Waals surface area contributed by atoms with Crippen LogP contribution in [0, 0.1) is 13.8 Å². The smallest absolute Gasteiger partial charge is 0.106 e. The topological polar surface area (TPSA) is 77.1 Å². The first-order valence-corrected chi connectivity index (χ1v) is 11.3. The fourth-order valence-electron chi connectivity index (χ4n) is 3.12. The van der Waals surface area contributed by atoms with Crippen LogP contribution in [0.3, 0.4) is 0 Å². The van der Waals surface area contributed by atoms with Gasteiger partial charge in [-0.15, -0.1) is 0 Å². The van der Waals surface area contributed by atoms with Gasteiger partial charge in [-0.05, 0) is 66.8 Å². The molecule has 0 aliphatic heterocycles. The Morgan fingerprint density at radius 1 is 1.00 bits per heavy atom. The van der Waals surface area contributed by atoms with Crippen molar-refractivity contribution in [3.05, 3.63) is 100 Å². The number of nitrogens with two attached hydrogens (primary N) is 1. The molecule has 0 saturated heterocycles. The highest BCUT2D eigenvalue weighted by Gasteiger charge is 2.12. The Hall–Kier alpha value is -3.57. The largest absolute Gasteiger partial charge is 0.399 e. The van der Waals surface area contributed by atoms with Crippen LogP contribution in [0.2, 0.25) is 5.02 Å². The highest BCUT2D eigenvalue weighted by atomic mass is 35.5. The Morgan fingerprint density at radius 2 is 1.57 bits per heavy atom. The Bertz CT molecular complexity index is 1090. The van der Waals surface area contributed by atoms with E-state index in [-0.39, 0.29) is 5.41 Å². The third kappa shape index (κ3) is 10.1. The van der Waals surface area contributed by atoms with Crippen molar-refractivity contribution in [2.24, 2.45) is 5.73 Å². The van der Waals surface area contributed by atoms with Crippen molar-refractivity contribution in [1.82, 2.24) is 4.57 Å². The average Bonchev–Trinajstić information content (AvgIpc) is 3.20. The van der Waals surface area contributed by atoms with E-state index < -0.39 is 0 Å². The molecule has 0 aliphatic carbocycles. The third-order valence-electron chi connectivity index (χ3n) is 5.00. The van der Waals surface area contributed by atoms with E-state index >= 15 is 0 Å². The summed E-state index contributed by atoms with van der Waals surface area (Å²) in [4.78, 5) is 16.0. The van der Waals surface area contributed by atoms with Crippen molar-refractivity contribution in [3.63, 3.8) is 0 Å². The van der Waals surface area contributed by atoms with Crippen molar-refractivity contribution in [2.75, 3.05) is 12.4 Å². The summed E-state index contributed by atoms with van der Waals surface area (Å²) < 4.78 is 2.08. The molecule has 6 heteroatoms. The summed E-state index contributed by atoms with van der Waals surface area (Å²) in [6.45, 7) is 18.6. The summed E-state index contributed by atoms with van der Waals surface area (Å²) in [5.74, 6) is 0. The van der Waals surface area contributed by atoms with Gasteiger partial charge in [0.15, 0.2) is 0 Å². The number of carbonyl (C=O) groups is 2. The maximum Gasteiger partial charge on any atom is 0.106 e. The van der Waals surface area contributed by atoms with Crippen LogP contribution in [0.5, 0.6) is 0 Å². The molecule has 0 fully saturated rings. The zero-order chi connectivity index (χ0) is 27.2. The third-order valence-corrected chi connectivity index (χ3v) is 5.23. The molecule has 5 nitrogen and oxygen atoms in total. The molecule has 0 atom stereocenters. The number of benzene rings is 2. The minimum Gasteiger partial charge on any atom is -0.399 e. The van der Waals surface area contributed by atoms with E-state index in [1.165, 1.54) is 11.1 Å². The number of nitrogens with one attached hydrogen (secondary N) is 1. The van der Waals surface area contributed by atoms with Gasteiger partial charge in [0.2, 0.25) is 0 Å². The number of rotatable bonds is 4. The van der Waals surface area contributed by atoms with Crippen LogP contribution in [0.15, 0.2) is 73.1 Å². The lowest BCUT2D eigenvalue weighted by Crippen LogP contribution is -2.10. The van der Waals surface area contributed by atoms with Gasteiger partial charge in [0, 0.05) is 29.7 Å². The highest BCUT2D eigenvalue weighted by Crippen LogP contribution is 2.27. The normalized spacial score (nSPS) is 10.1. The van der Waals surface area contributed by atoms with E-state index in [9.17, 15) is 0 Å². The molecule has 1 aromatic heterocycles. The van der Waals surface area contributed by atoms with Crippen molar-refractivity contribution in [1.29, 1.82) is 0 Å². The van der Waals surface area contributed by atoms with Crippen molar-refractivity contribution in [3.8, 4) is 5.69 Å². The summed E-state index contributed by atoms with van der Waals surface area (Å²) >= 11 is 6.12. The predicted molar refractivity (Wildman–Crippen MR) is 152 cm³/mol. The molecule has 0 amide bonds. The van der Waals surface area contributed by atoms with Gasteiger partial charge < -0.3 is 25.2 Å². The standard InChI is InChI=1S/C16H18ClN3.C11H16.2CH2O/c1-11-8-9-20(15(11)7-4-12(2)18)16-10-13(17)5-6-14(16)19-3;1-9-5-7-10(8-6-9)11(2,3)4;2*1-2/h4-10,19H,2,18H2,1,3H3;5-8H,1-4H3;2*1H2/b7-4-;;;. The summed E-state index contributed by atoms with van der Waals surface area (Å²) in [7, 11) is 1.89. The molecule has 0 bridgehead atoms. The van der Waals surface area contributed by atoms with Gasteiger partial charge in [0.25, 0.3) is 0 Å². The number of aromatic nitrogens is 1. The first-order valence-electron chi connectivity index (χ1n) is 11.0. The Labute approximate surface area is 215 Å². The van der Waals surface area contributed by atoms with Crippen LogP contribution in [-0.2, 0) is 15.0 Å². The Balaban J connectivity index is 0.000000652. The van der Waals surface area contributed by atoms with E-state index in [0.29, 0.717) is 10.7 Å². The number of anilines is 1. The van der Waals surface area contributed by atoms with Crippen molar-refractivity contribution in [2.45, 2.75) is 40.0 Å². The summed E-state index contributed by atoms with van der Waals surface area (Å²) in [6.07, 6.45) is 5.77. The minimum atomic E-state index is 0.285. The lowest BCUT2D eigenvalue weighted by molar-refractivity contribution is -0.0987. The lowest BCUT2D eigenvalue weighted by atomic mass is 9.87. The van der Waals surface area contributed by atoms with Gasteiger partial charge in [-0.2, -0.15) is 0 Å². The number of aryl methyl sites for hydroxylation is 2. The zero-order valence-corrected chi connectivity index (χ0v) is 22.4. The molecule has 1 heterocycles. The fourth-order valence-corrected chi connectivity index (χ4v) is 3.29. The Kier molecular flexibility index (Phi) is 13.8. The van der Waals surface area contributed by atoms with E-state index in [4.69, 9.17) is 26.9 Å². The predicted octanol–water partition coefficient (Wildman–Crippen LogP) is 6.89. The van der Waals surface area contributed by atoms with Gasteiger partial charge >= 0.3 is 0 Å². The number of hydrogen-bond acceptors (Lipinski definition) is 4. The maximum atomic E-state index is 8.00. The fraction of sp³-hybridized carbons (Fsp3) is 0.241. The lowest BCUT2D eigenvalue weighted by Gasteiger charge is -2.18. The second-order valence-electron chi connectivity index (χ2n) is 8.69. The number of carbonyl (C=O) groups excluding carboxylic acids is 2. The van der Waals surface area contributed by atoms with E-state index in [1.54, 1.807) is 6.08 Å². The van der Waals surface area contributed by atoms with Crippen LogP contribution in [0.4, 0.5) is 5.69 Å². The molecule has 0 saturated carbocycles. The van der Waals surface area contributed by atoms with Crippen LogP contribution in [0.1, 0.15) is 43.2 Å². The van der Waals surface area contributed by atoms with Crippen molar-refractivity contribution < 1.29 is 9.59 Å². The van der Waals surface area contributed by atoms with Gasteiger partial charge in [-0.3, -0.25) is 0 Å². The molecule has 0 unspecified atom stereocenters. The molecule has 0 radical (unpaired) electrons. The first-order chi connectivity index (χ1) is 16.5. The van der Waals surface area contributed by atoms with E-state index in [0.717, 1.165) is 22.6 Å². The maximum absolute atomic E-state index is 8.00. The van der Waals surface area contributed by atoms with E-state index in [2.05, 4.69) is 81.4 Å². The van der Waals surface area contributed by atoms with Crippen LogP contribution >= 0.6 is 11.6 Å². The number of nitrogens with zero attached hydrogens (tertiary/aromatic N) is 1. The first kappa shape index (κ1) is 31.4. The number of halogens is 1. The molecule has 3 rings (SSSR count). The average molecular weight is 496 g/mol. The number of hydrogen-bond donors (Lipinski definition) is 2. The quantitative estimate of drug-likeness (QED) is 0.386. The minimum absolute atomic E-state index is 0.285. The number of allylic oxidation sites excluding steroid dienone is 1. The molecule has 188 valence electrons. The second-order valence-corrected chi connectivity index (χ2v) is 9.13. The molecule has 35 heavy (non-hydrogen) atoms. The van der Waals surface area contributed by atoms with Crippen LogP contribution < -0.4 is 11.1 Å². The monoisotopic (exact) mass is 495 g/mol. The van der Waals surface area contributed by atoms with Gasteiger partial charge in [0.05, 0.1) is 11.4 Å². The molecule has 2 aromatic carbocycles. The van der Waals surface area contributed by atoms with Crippen LogP contribution in [0.25, 0.3) is 11.8 Å². The van der Waals surface area contributed by atoms with Crippen molar-refractivity contribution >= 4 is 36.9 Å². The zero-order valence-electron chi connectivity index (χ0n) is 21.7. The molecular formula is C29H38ClN3O2. The molecule has 0 spiro atoms. The van der Waals surface area contributed by atoms with Gasteiger partial charge in [-0.25, -0.2) is 0 Å². The van der Waals surface area contributed by atoms with Crippen LogP contribution in [-0.4, -0.2) is 25.2 Å². The van der Waals surface area contributed by atoms with Gasteiger partial charge in [-0.1, -0.05) is 68.8 Å². The summed E-state index contributed by atoms with van der Waals surface area (Å²) in [5.41, 5.74) is 13.4. The Morgan fingerprint density at radius 3 is 2.06 bits per heavy atom. The molecular weight excluding hydrogens is 458 g/mol.